The van der Waals surface area contributed by atoms with Crippen molar-refractivity contribution in [2.24, 2.45) is 5.73 Å². The molecule has 0 saturated carbocycles. The third-order valence-electron chi connectivity index (χ3n) is 3.08. The van der Waals surface area contributed by atoms with Crippen molar-refractivity contribution < 1.29 is 14.6 Å². The first-order valence-corrected chi connectivity index (χ1v) is 6.04. The van der Waals surface area contributed by atoms with E-state index in [4.69, 9.17) is 15.6 Å². The van der Waals surface area contributed by atoms with E-state index >= 15 is 0 Å². The Morgan fingerprint density at radius 1 is 1.50 bits per heavy atom. The smallest absolute Gasteiger partial charge is 0.244 e. The number of carbonyl (C=O) groups excluding carboxylic acids is 1. The summed E-state index contributed by atoms with van der Waals surface area (Å²) in [6.45, 7) is 1.29. The number of nitrogens with zero attached hydrogens (tertiary/aromatic N) is 1. The Labute approximate surface area is 106 Å². The third-order valence-corrected chi connectivity index (χ3v) is 3.08. The SMILES string of the molecule is N[C@@H](C(=O)N1CCOC(CO)C1)c1ccccc1. The molecule has 18 heavy (non-hydrogen) atoms. The Bertz CT molecular complexity index is 396. The van der Waals surface area contributed by atoms with Gasteiger partial charge in [0.25, 0.3) is 0 Å². The molecule has 1 aromatic rings. The lowest BCUT2D eigenvalue weighted by molar-refractivity contribution is -0.141. The van der Waals surface area contributed by atoms with Gasteiger partial charge < -0.3 is 20.5 Å². The number of aliphatic hydroxyl groups is 1. The van der Waals surface area contributed by atoms with Gasteiger partial charge in [-0.15, -0.1) is 0 Å². The second-order valence-electron chi connectivity index (χ2n) is 4.35. The number of morpholine rings is 1. The van der Waals surface area contributed by atoms with Crippen LogP contribution in [-0.4, -0.2) is 48.3 Å². The van der Waals surface area contributed by atoms with Crippen LogP contribution in [0.2, 0.25) is 0 Å². The van der Waals surface area contributed by atoms with Gasteiger partial charge in [0.2, 0.25) is 5.91 Å². The van der Waals surface area contributed by atoms with Gasteiger partial charge in [0, 0.05) is 13.1 Å². The quantitative estimate of drug-likeness (QED) is 0.786. The number of hydrogen-bond acceptors (Lipinski definition) is 4. The Balaban J connectivity index is 2.02. The van der Waals surface area contributed by atoms with Crippen LogP contribution in [0.15, 0.2) is 30.3 Å². The predicted octanol–water partition coefficient (Wildman–Crippen LogP) is -0.0939. The predicted molar refractivity (Wildman–Crippen MR) is 66.8 cm³/mol. The fraction of sp³-hybridized carbons (Fsp3) is 0.462. The van der Waals surface area contributed by atoms with Crippen LogP contribution < -0.4 is 5.73 Å². The Morgan fingerprint density at radius 2 is 2.22 bits per heavy atom. The number of aliphatic hydroxyl groups excluding tert-OH is 1. The highest BCUT2D eigenvalue weighted by molar-refractivity contribution is 5.83. The topological polar surface area (TPSA) is 75.8 Å². The standard InChI is InChI=1S/C13H18N2O3/c14-12(10-4-2-1-3-5-10)13(17)15-6-7-18-11(8-15)9-16/h1-5,11-12,16H,6-9,14H2/t11?,12-/m1/s1. The maximum Gasteiger partial charge on any atom is 0.244 e. The molecular weight excluding hydrogens is 232 g/mol. The summed E-state index contributed by atoms with van der Waals surface area (Å²) in [6.07, 6.45) is -0.300. The lowest BCUT2D eigenvalue weighted by Gasteiger charge is -2.33. The summed E-state index contributed by atoms with van der Waals surface area (Å²) in [5.41, 5.74) is 6.76. The number of carbonyl (C=O) groups is 1. The summed E-state index contributed by atoms with van der Waals surface area (Å²) in [7, 11) is 0. The van der Waals surface area contributed by atoms with Crippen molar-refractivity contribution in [1.29, 1.82) is 0 Å². The molecule has 0 aromatic heterocycles. The van der Waals surface area contributed by atoms with E-state index in [-0.39, 0.29) is 18.6 Å². The Kier molecular flexibility index (Phi) is 4.30. The fourth-order valence-corrected chi connectivity index (χ4v) is 2.03. The maximum atomic E-state index is 12.2. The molecule has 1 aliphatic rings. The highest BCUT2D eigenvalue weighted by Gasteiger charge is 2.27. The van der Waals surface area contributed by atoms with E-state index in [1.807, 2.05) is 30.3 Å². The molecule has 5 nitrogen and oxygen atoms in total. The largest absolute Gasteiger partial charge is 0.394 e. The summed E-state index contributed by atoms with van der Waals surface area (Å²) in [6, 6.07) is 8.64. The van der Waals surface area contributed by atoms with E-state index in [0.717, 1.165) is 5.56 Å². The Hall–Kier alpha value is -1.43. The zero-order valence-electron chi connectivity index (χ0n) is 10.2. The number of ether oxygens (including phenoxy) is 1. The van der Waals surface area contributed by atoms with E-state index in [9.17, 15) is 4.79 Å². The van der Waals surface area contributed by atoms with Crippen molar-refractivity contribution in [2.75, 3.05) is 26.3 Å². The normalized spacial score (nSPS) is 21.7. The van der Waals surface area contributed by atoms with E-state index in [1.54, 1.807) is 4.90 Å². The van der Waals surface area contributed by atoms with E-state index in [0.29, 0.717) is 19.7 Å². The molecule has 0 aliphatic carbocycles. The molecule has 3 N–H and O–H groups in total. The molecule has 1 fully saturated rings. The molecule has 1 amide bonds. The van der Waals surface area contributed by atoms with Crippen molar-refractivity contribution in [2.45, 2.75) is 12.1 Å². The van der Waals surface area contributed by atoms with Gasteiger partial charge in [-0.2, -0.15) is 0 Å². The molecule has 1 unspecified atom stereocenters. The second kappa shape index (κ2) is 5.95. The monoisotopic (exact) mass is 250 g/mol. The van der Waals surface area contributed by atoms with Crippen molar-refractivity contribution in [3.05, 3.63) is 35.9 Å². The molecular formula is C13H18N2O3. The van der Waals surface area contributed by atoms with Gasteiger partial charge in [0.05, 0.1) is 19.3 Å². The van der Waals surface area contributed by atoms with E-state index < -0.39 is 6.04 Å². The van der Waals surface area contributed by atoms with Crippen LogP contribution in [0.5, 0.6) is 0 Å². The molecule has 2 atom stereocenters. The van der Waals surface area contributed by atoms with Gasteiger partial charge in [-0.3, -0.25) is 4.79 Å². The van der Waals surface area contributed by atoms with Gasteiger partial charge in [-0.05, 0) is 5.56 Å². The molecule has 2 rings (SSSR count). The highest BCUT2D eigenvalue weighted by Crippen LogP contribution is 2.15. The third kappa shape index (κ3) is 2.87. The molecule has 0 radical (unpaired) electrons. The first kappa shape index (κ1) is 13.0. The summed E-state index contributed by atoms with van der Waals surface area (Å²) in [5.74, 6) is -0.122. The van der Waals surface area contributed by atoms with Crippen molar-refractivity contribution in [3.63, 3.8) is 0 Å². The molecule has 1 aliphatic heterocycles. The molecule has 1 aromatic carbocycles. The maximum absolute atomic E-state index is 12.2. The number of rotatable bonds is 3. The first-order valence-electron chi connectivity index (χ1n) is 6.04. The zero-order valence-corrected chi connectivity index (χ0v) is 10.2. The average Bonchev–Trinajstić information content (AvgIpc) is 2.46. The molecule has 1 saturated heterocycles. The minimum absolute atomic E-state index is 0.0790. The molecule has 0 bridgehead atoms. The van der Waals surface area contributed by atoms with E-state index in [1.165, 1.54) is 0 Å². The number of nitrogens with two attached hydrogens (primary N) is 1. The van der Waals surface area contributed by atoms with Crippen LogP contribution in [0, 0.1) is 0 Å². The van der Waals surface area contributed by atoms with Gasteiger partial charge in [0.1, 0.15) is 6.04 Å². The summed E-state index contributed by atoms with van der Waals surface area (Å²) >= 11 is 0. The fourth-order valence-electron chi connectivity index (χ4n) is 2.03. The second-order valence-corrected chi connectivity index (χ2v) is 4.35. The Morgan fingerprint density at radius 3 is 2.89 bits per heavy atom. The molecule has 1 heterocycles. The number of hydrogen-bond donors (Lipinski definition) is 2. The van der Waals surface area contributed by atoms with Gasteiger partial charge in [-0.1, -0.05) is 30.3 Å². The zero-order chi connectivity index (χ0) is 13.0. The summed E-state index contributed by atoms with van der Waals surface area (Å²) < 4.78 is 5.31. The van der Waals surface area contributed by atoms with Gasteiger partial charge in [-0.25, -0.2) is 0 Å². The highest BCUT2D eigenvalue weighted by atomic mass is 16.5. The van der Waals surface area contributed by atoms with Gasteiger partial charge >= 0.3 is 0 Å². The van der Waals surface area contributed by atoms with Crippen LogP contribution in [0.25, 0.3) is 0 Å². The minimum Gasteiger partial charge on any atom is -0.394 e. The first-order chi connectivity index (χ1) is 8.72. The summed E-state index contributed by atoms with van der Waals surface area (Å²) in [4.78, 5) is 13.9. The van der Waals surface area contributed by atoms with Crippen LogP contribution in [0.4, 0.5) is 0 Å². The van der Waals surface area contributed by atoms with Crippen molar-refractivity contribution >= 4 is 5.91 Å². The summed E-state index contributed by atoms with van der Waals surface area (Å²) in [5, 5.41) is 9.05. The van der Waals surface area contributed by atoms with Crippen molar-refractivity contribution in [1.82, 2.24) is 4.90 Å². The molecule has 0 spiro atoms. The minimum atomic E-state index is -0.649. The van der Waals surface area contributed by atoms with Crippen LogP contribution in [0.1, 0.15) is 11.6 Å². The van der Waals surface area contributed by atoms with Gasteiger partial charge in [0.15, 0.2) is 0 Å². The van der Waals surface area contributed by atoms with Crippen LogP contribution in [-0.2, 0) is 9.53 Å². The van der Waals surface area contributed by atoms with Crippen LogP contribution >= 0.6 is 0 Å². The van der Waals surface area contributed by atoms with Crippen LogP contribution in [0.3, 0.4) is 0 Å². The number of benzene rings is 1. The molecule has 98 valence electrons. The van der Waals surface area contributed by atoms with E-state index in [2.05, 4.69) is 0 Å². The van der Waals surface area contributed by atoms with Crippen molar-refractivity contribution in [3.8, 4) is 0 Å². The lowest BCUT2D eigenvalue weighted by atomic mass is 10.1. The lowest BCUT2D eigenvalue weighted by Crippen LogP contribution is -2.49. The average molecular weight is 250 g/mol. The number of amides is 1. The molecule has 5 heteroatoms.